The fourth-order valence-electron chi connectivity index (χ4n) is 0.269. The summed E-state index contributed by atoms with van der Waals surface area (Å²) in [6, 6.07) is 0. The van der Waals surface area contributed by atoms with Crippen LogP contribution in [0.1, 0.15) is 19.8 Å². The first-order valence-electron chi connectivity index (χ1n) is 2.10. The molecule has 2 heteroatoms. The summed E-state index contributed by atoms with van der Waals surface area (Å²) in [5, 5.41) is 6.67. The Balaban J connectivity index is 2.83. The molecule has 6 heavy (non-hydrogen) atoms. The SMILES string of the molecule is [B]C(=N)CCC. The van der Waals surface area contributed by atoms with Crippen LogP contribution in [0.15, 0.2) is 0 Å². The molecule has 0 aromatic carbocycles. The lowest BCUT2D eigenvalue weighted by Crippen LogP contribution is -1.90. The first-order valence-corrected chi connectivity index (χ1v) is 2.10. The summed E-state index contributed by atoms with van der Waals surface area (Å²) in [6.07, 6.45) is 1.72. The second-order valence-electron chi connectivity index (χ2n) is 1.28. The molecule has 0 fully saturated rings. The summed E-state index contributed by atoms with van der Waals surface area (Å²) in [5.41, 5.74) is 0.289. The van der Waals surface area contributed by atoms with Crippen molar-refractivity contribution in [1.29, 1.82) is 5.41 Å². The van der Waals surface area contributed by atoms with Gasteiger partial charge in [-0.3, -0.25) is 0 Å². The molecule has 0 rings (SSSR count). The Morgan fingerprint density at radius 1 is 1.83 bits per heavy atom. The molecule has 0 spiro atoms. The molecule has 0 atom stereocenters. The van der Waals surface area contributed by atoms with Crippen molar-refractivity contribution in [2.45, 2.75) is 19.8 Å². The zero-order valence-corrected chi connectivity index (χ0v) is 3.99. The van der Waals surface area contributed by atoms with E-state index in [1.54, 1.807) is 0 Å². The lowest BCUT2D eigenvalue weighted by Gasteiger charge is -1.85. The lowest BCUT2D eigenvalue weighted by molar-refractivity contribution is 0.998. The molecule has 0 saturated heterocycles. The molecule has 32 valence electrons. The number of hydrogen-bond acceptors (Lipinski definition) is 1. The first-order chi connectivity index (χ1) is 2.77. The second-order valence-corrected chi connectivity index (χ2v) is 1.28. The molecule has 0 saturated carbocycles. The maximum Gasteiger partial charge on any atom is 0.134 e. The standard InChI is InChI=1S/C4H8BN/c1-2-3-4(5)6/h6H,2-3H2,1H3. The third kappa shape index (κ3) is 3.73. The van der Waals surface area contributed by atoms with Crippen LogP contribution in [-0.2, 0) is 0 Å². The van der Waals surface area contributed by atoms with Gasteiger partial charge in [-0.05, 0) is 12.0 Å². The smallest absolute Gasteiger partial charge is 0.134 e. The second kappa shape index (κ2) is 2.95. The molecule has 0 bridgehead atoms. The van der Waals surface area contributed by atoms with Crippen LogP contribution >= 0.6 is 0 Å². The number of hydrogen-bond donors (Lipinski definition) is 1. The van der Waals surface area contributed by atoms with Gasteiger partial charge in [0.15, 0.2) is 0 Å². The van der Waals surface area contributed by atoms with Crippen LogP contribution in [-0.4, -0.2) is 13.5 Å². The molecule has 0 aromatic heterocycles. The van der Waals surface area contributed by atoms with E-state index in [0.29, 0.717) is 0 Å². The molecule has 0 amide bonds. The minimum atomic E-state index is 0.289. The quantitative estimate of drug-likeness (QED) is 0.377. The van der Waals surface area contributed by atoms with E-state index in [0.717, 1.165) is 12.8 Å². The molecule has 0 aliphatic heterocycles. The molecule has 0 aromatic rings. The minimum absolute atomic E-state index is 0.289. The third-order valence-corrected chi connectivity index (χ3v) is 0.519. The van der Waals surface area contributed by atoms with E-state index in [9.17, 15) is 0 Å². The molecule has 0 aliphatic rings. The van der Waals surface area contributed by atoms with Gasteiger partial charge in [-0.1, -0.05) is 13.3 Å². The van der Waals surface area contributed by atoms with Crippen LogP contribution in [0, 0.1) is 5.41 Å². The zero-order chi connectivity index (χ0) is 4.99. The van der Waals surface area contributed by atoms with Gasteiger partial charge >= 0.3 is 0 Å². The lowest BCUT2D eigenvalue weighted by atomic mass is 9.97. The Labute approximate surface area is 39.7 Å². The van der Waals surface area contributed by atoms with E-state index in [2.05, 4.69) is 0 Å². The normalized spacial score (nSPS) is 8.17. The van der Waals surface area contributed by atoms with Gasteiger partial charge < -0.3 is 5.41 Å². The zero-order valence-electron chi connectivity index (χ0n) is 3.99. The van der Waals surface area contributed by atoms with E-state index < -0.39 is 0 Å². The number of nitrogens with one attached hydrogen (secondary N) is 1. The van der Waals surface area contributed by atoms with Gasteiger partial charge in [0.05, 0.1) is 0 Å². The fourth-order valence-corrected chi connectivity index (χ4v) is 0.269. The highest BCUT2D eigenvalue weighted by molar-refractivity contribution is 6.58. The maximum absolute atomic E-state index is 6.67. The Hall–Kier alpha value is -0.265. The molecule has 0 unspecified atom stereocenters. The average molecular weight is 80.9 g/mol. The Bertz CT molecular complexity index is 51.5. The van der Waals surface area contributed by atoms with Crippen LogP contribution < -0.4 is 0 Å². The fraction of sp³-hybridized carbons (Fsp3) is 0.750. The van der Waals surface area contributed by atoms with Crippen LogP contribution in [0.25, 0.3) is 0 Å². The molecule has 2 radical (unpaired) electrons. The summed E-state index contributed by atoms with van der Waals surface area (Å²) < 4.78 is 0. The van der Waals surface area contributed by atoms with E-state index >= 15 is 0 Å². The van der Waals surface area contributed by atoms with E-state index in [1.165, 1.54) is 0 Å². The minimum Gasteiger partial charge on any atom is -0.321 e. The summed E-state index contributed by atoms with van der Waals surface area (Å²) in [4.78, 5) is 0. The van der Waals surface area contributed by atoms with Crippen molar-refractivity contribution in [2.75, 3.05) is 0 Å². The summed E-state index contributed by atoms with van der Waals surface area (Å²) in [6.45, 7) is 2.00. The molecule has 0 heterocycles. The van der Waals surface area contributed by atoms with Crippen LogP contribution in [0.3, 0.4) is 0 Å². The van der Waals surface area contributed by atoms with Gasteiger partial charge in [-0.15, -0.1) is 0 Å². The molecule has 0 aliphatic carbocycles. The summed E-state index contributed by atoms with van der Waals surface area (Å²) >= 11 is 0. The van der Waals surface area contributed by atoms with Gasteiger partial charge in [-0.2, -0.15) is 0 Å². The monoisotopic (exact) mass is 81.1 g/mol. The maximum atomic E-state index is 6.67. The van der Waals surface area contributed by atoms with E-state index in [-0.39, 0.29) is 5.61 Å². The average Bonchev–Trinajstić information content (AvgIpc) is 1.35. The van der Waals surface area contributed by atoms with E-state index in [4.69, 9.17) is 13.3 Å². The van der Waals surface area contributed by atoms with Gasteiger partial charge in [-0.25, -0.2) is 0 Å². The van der Waals surface area contributed by atoms with Gasteiger partial charge in [0.2, 0.25) is 0 Å². The van der Waals surface area contributed by atoms with E-state index in [1.807, 2.05) is 6.92 Å². The van der Waals surface area contributed by atoms with Crippen molar-refractivity contribution in [3.05, 3.63) is 0 Å². The number of rotatable bonds is 2. The van der Waals surface area contributed by atoms with Crippen LogP contribution in [0.4, 0.5) is 0 Å². The molecule has 1 N–H and O–H groups in total. The van der Waals surface area contributed by atoms with Crippen molar-refractivity contribution in [3.8, 4) is 0 Å². The Morgan fingerprint density at radius 2 is 2.33 bits per heavy atom. The summed E-state index contributed by atoms with van der Waals surface area (Å²) in [7, 11) is 4.99. The highest BCUT2D eigenvalue weighted by atomic mass is 14.3. The van der Waals surface area contributed by atoms with Crippen molar-refractivity contribution < 1.29 is 0 Å². The Kier molecular flexibility index (Phi) is 2.82. The van der Waals surface area contributed by atoms with Crippen molar-refractivity contribution in [1.82, 2.24) is 0 Å². The largest absolute Gasteiger partial charge is 0.321 e. The predicted octanol–water partition coefficient (Wildman–Crippen LogP) is 0.932. The van der Waals surface area contributed by atoms with Crippen LogP contribution in [0.2, 0.25) is 0 Å². The molecular weight excluding hydrogens is 72.9 g/mol. The predicted molar refractivity (Wildman–Crippen MR) is 28.4 cm³/mol. The Morgan fingerprint density at radius 3 is 2.33 bits per heavy atom. The van der Waals surface area contributed by atoms with Gasteiger partial charge in [0.1, 0.15) is 7.85 Å². The molecular formula is C4H8BN. The van der Waals surface area contributed by atoms with Gasteiger partial charge in [0, 0.05) is 0 Å². The molecule has 1 nitrogen and oxygen atoms in total. The van der Waals surface area contributed by atoms with Crippen molar-refractivity contribution in [3.63, 3.8) is 0 Å². The summed E-state index contributed by atoms with van der Waals surface area (Å²) in [5.74, 6) is 0. The third-order valence-electron chi connectivity index (χ3n) is 0.519. The highest BCUT2D eigenvalue weighted by Crippen LogP contribution is 1.82. The topological polar surface area (TPSA) is 23.9 Å². The van der Waals surface area contributed by atoms with Crippen LogP contribution in [0.5, 0.6) is 0 Å². The van der Waals surface area contributed by atoms with Gasteiger partial charge in [0.25, 0.3) is 0 Å². The van der Waals surface area contributed by atoms with Crippen molar-refractivity contribution >= 4 is 13.5 Å². The van der Waals surface area contributed by atoms with Crippen molar-refractivity contribution in [2.24, 2.45) is 0 Å². The highest BCUT2D eigenvalue weighted by Gasteiger charge is 1.78. The first kappa shape index (κ1) is 5.73.